The number of rotatable bonds is 0. The fourth-order valence-electron chi connectivity index (χ4n) is 1.000. The van der Waals surface area contributed by atoms with E-state index in [2.05, 4.69) is 10.6 Å². The van der Waals surface area contributed by atoms with E-state index in [1.807, 2.05) is 0 Å². The second-order valence-electron chi connectivity index (χ2n) is 2.41. The summed E-state index contributed by atoms with van der Waals surface area (Å²) in [5, 5.41) is 6.45. The van der Waals surface area contributed by atoms with E-state index < -0.39 is 0 Å². The van der Waals surface area contributed by atoms with Gasteiger partial charge in [0, 0.05) is 26.2 Å². The fraction of sp³-hybridized carbons (Fsp3) is 0.667. The highest BCUT2D eigenvalue weighted by Gasteiger charge is 2.17. The van der Waals surface area contributed by atoms with Crippen LogP contribution in [0.2, 0.25) is 0 Å². The van der Waals surface area contributed by atoms with Crippen LogP contribution >= 0.6 is 0 Å². The first-order valence-corrected chi connectivity index (χ1v) is 3.08. The lowest BCUT2D eigenvalue weighted by Crippen LogP contribution is -2.43. The van der Waals surface area contributed by atoms with Crippen LogP contribution in [-0.2, 0) is 0 Å². The Kier molecular flexibility index (Phi) is 0.889. The molecule has 0 radical (unpaired) electrons. The van der Waals surface area contributed by atoms with Crippen LogP contribution in [0.3, 0.4) is 0 Å². The van der Waals surface area contributed by atoms with Gasteiger partial charge in [-0.05, 0) is 11.1 Å². The van der Waals surface area contributed by atoms with Gasteiger partial charge in [0.15, 0.2) is 0 Å². The molecule has 8 heavy (non-hydrogen) atoms. The summed E-state index contributed by atoms with van der Waals surface area (Å²) in [5.74, 6) is 0. The van der Waals surface area contributed by atoms with E-state index in [4.69, 9.17) is 0 Å². The van der Waals surface area contributed by atoms with E-state index >= 15 is 0 Å². The molecule has 2 saturated heterocycles. The molecule has 0 saturated carbocycles. The Morgan fingerprint density at radius 3 is 1.25 bits per heavy atom. The van der Waals surface area contributed by atoms with E-state index in [1.54, 1.807) is 11.1 Å². The van der Waals surface area contributed by atoms with Crippen LogP contribution in [-0.4, -0.2) is 26.2 Å². The molecule has 2 fully saturated rings. The Morgan fingerprint density at radius 2 is 1.12 bits per heavy atom. The molecule has 0 amide bonds. The molecule has 2 aliphatic rings. The zero-order valence-electron chi connectivity index (χ0n) is 4.83. The Morgan fingerprint density at radius 1 is 0.750 bits per heavy atom. The molecule has 44 valence electrons. The smallest absolute Gasteiger partial charge is 0.0184 e. The van der Waals surface area contributed by atoms with Gasteiger partial charge >= 0.3 is 0 Å². The third-order valence-corrected chi connectivity index (χ3v) is 1.85. The Balaban J connectivity index is 2.07. The van der Waals surface area contributed by atoms with Crippen LogP contribution in [0.15, 0.2) is 11.1 Å². The zero-order valence-corrected chi connectivity index (χ0v) is 4.83. The molecule has 2 aliphatic heterocycles. The molecule has 0 aromatic carbocycles. The highest BCUT2D eigenvalue weighted by molar-refractivity contribution is 5.28. The standard InChI is InChI=1S/C6H10N2/c1-5(2-7-1)6-3-8-4-6/h7-8H,1-4H2. The first-order valence-electron chi connectivity index (χ1n) is 3.08. The Hall–Kier alpha value is -0.340. The normalized spacial score (nSPS) is 27.0. The molecule has 0 unspecified atom stereocenters. The van der Waals surface area contributed by atoms with Crippen LogP contribution in [0.25, 0.3) is 0 Å². The molecule has 2 nitrogen and oxygen atoms in total. The van der Waals surface area contributed by atoms with Crippen LogP contribution in [0.5, 0.6) is 0 Å². The Labute approximate surface area is 49.0 Å². The van der Waals surface area contributed by atoms with E-state index in [0.717, 1.165) is 26.2 Å². The van der Waals surface area contributed by atoms with E-state index in [0.29, 0.717) is 0 Å². The van der Waals surface area contributed by atoms with Gasteiger partial charge in [0.2, 0.25) is 0 Å². The maximum atomic E-state index is 3.22. The summed E-state index contributed by atoms with van der Waals surface area (Å²) in [4.78, 5) is 0. The molecule has 0 aromatic rings. The lowest BCUT2D eigenvalue weighted by molar-refractivity contribution is 0.590. The van der Waals surface area contributed by atoms with Gasteiger partial charge in [0.1, 0.15) is 0 Å². The zero-order chi connectivity index (χ0) is 5.40. The van der Waals surface area contributed by atoms with Gasteiger partial charge in [-0.25, -0.2) is 0 Å². The first kappa shape index (κ1) is 4.53. The lowest BCUT2D eigenvalue weighted by atomic mass is 9.99. The Bertz CT molecular complexity index is 109. The lowest BCUT2D eigenvalue weighted by Gasteiger charge is -2.29. The molecule has 2 rings (SSSR count). The van der Waals surface area contributed by atoms with Gasteiger partial charge < -0.3 is 10.6 Å². The van der Waals surface area contributed by atoms with Crippen LogP contribution < -0.4 is 10.6 Å². The average Bonchev–Trinajstić information content (AvgIpc) is 1.47. The van der Waals surface area contributed by atoms with E-state index in [9.17, 15) is 0 Å². The van der Waals surface area contributed by atoms with Gasteiger partial charge in [0.25, 0.3) is 0 Å². The van der Waals surface area contributed by atoms with Crippen molar-refractivity contribution in [2.45, 2.75) is 0 Å². The largest absolute Gasteiger partial charge is 0.309 e. The molecule has 2 heterocycles. The minimum Gasteiger partial charge on any atom is -0.309 e. The van der Waals surface area contributed by atoms with Crippen LogP contribution in [0.1, 0.15) is 0 Å². The molecule has 0 spiro atoms. The molecule has 0 aromatic heterocycles. The number of hydrogen-bond donors (Lipinski definition) is 2. The minimum atomic E-state index is 1.15. The number of hydrogen-bond acceptors (Lipinski definition) is 2. The molecule has 2 heteroatoms. The van der Waals surface area contributed by atoms with E-state index in [1.165, 1.54) is 0 Å². The fourth-order valence-corrected chi connectivity index (χ4v) is 1.000. The van der Waals surface area contributed by atoms with Gasteiger partial charge in [-0.15, -0.1) is 0 Å². The van der Waals surface area contributed by atoms with Crippen molar-refractivity contribution in [3.05, 3.63) is 11.1 Å². The summed E-state index contributed by atoms with van der Waals surface area (Å²) >= 11 is 0. The first-order chi connectivity index (χ1) is 3.97. The third-order valence-electron chi connectivity index (χ3n) is 1.85. The van der Waals surface area contributed by atoms with Crippen LogP contribution in [0.4, 0.5) is 0 Å². The molecule has 0 aliphatic carbocycles. The van der Waals surface area contributed by atoms with Crippen molar-refractivity contribution in [2.75, 3.05) is 26.2 Å². The average molecular weight is 110 g/mol. The van der Waals surface area contributed by atoms with Crippen molar-refractivity contribution in [1.82, 2.24) is 10.6 Å². The highest BCUT2D eigenvalue weighted by Crippen LogP contribution is 2.11. The SMILES string of the molecule is C1NCC1=C1CNC1. The van der Waals surface area contributed by atoms with Gasteiger partial charge in [-0.2, -0.15) is 0 Å². The minimum absolute atomic E-state index is 1.15. The highest BCUT2D eigenvalue weighted by atomic mass is 15.0. The molecular weight excluding hydrogens is 100 g/mol. The van der Waals surface area contributed by atoms with Gasteiger partial charge in [-0.3, -0.25) is 0 Å². The van der Waals surface area contributed by atoms with E-state index in [-0.39, 0.29) is 0 Å². The topological polar surface area (TPSA) is 24.1 Å². The predicted octanol–water partition coefficient (Wildman–Crippen LogP) is -0.511. The third kappa shape index (κ3) is 0.501. The van der Waals surface area contributed by atoms with Crippen molar-refractivity contribution < 1.29 is 0 Å². The quantitative estimate of drug-likeness (QED) is 0.410. The monoisotopic (exact) mass is 110 g/mol. The van der Waals surface area contributed by atoms with Crippen molar-refractivity contribution in [1.29, 1.82) is 0 Å². The van der Waals surface area contributed by atoms with Crippen LogP contribution in [0, 0.1) is 0 Å². The second-order valence-corrected chi connectivity index (χ2v) is 2.41. The maximum Gasteiger partial charge on any atom is 0.0184 e. The maximum absolute atomic E-state index is 3.22. The van der Waals surface area contributed by atoms with Gasteiger partial charge in [-0.1, -0.05) is 0 Å². The summed E-state index contributed by atoms with van der Waals surface area (Å²) in [5.41, 5.74) is 3.28. The summed E-state index contributed by atoms with van der Waals surface area (Å²) < 4.78 is 0. The second kappa shape index (κ2) is 1.57. The summed E-state index contributed by atoms with van der Waals surface area (Å²) in [7, 11) is 0. The van der Waals surface area contributed by atoms with Crippen molar-refractivity contribution >= 4 is 0 Å². The predicted molar refractivity (Wildman–Crippen MR) is 32.8 cm³/mol. The van der Waals surface area contributed by atoms with Crippen molar-refractivity contribution in [3.63, 3.8) is 0 Å². The summed E-state index contributed by atoms with van der Waals surface area (Å²) in [6, 6.07) is 0. The molecule has 0 bridgehead atoms. The summed E-state index contributed by atoms with van der Waals surface area (Å²) in [6.07, 6.45) is 0. The molecule has 0 atom stereocenters. The molecular formula is C6H10N2. The van der Waals surface area contributed by atoms with Gasteiger partial charge in [0.05, 0.1) is 0 Å². The molecule has 2 N–H and O–H groups in total. The van der Waals surface area contributed by atoms with Crippen molar-refractivity contribution in [3.8, 4) is 0 Å². The number of nitrogens with one attached hydrogen (secondary N) is 2. The van der Waals surface area contributed by atoms with Crippen molar-refractivity contribution in [2.24, 2.45) is 0 Å². The summed E-state index contributed by atoms with van der Waals surface area (Å²) in [6.45, 7) is 4.60.